The number of nitrogens with zero attached hydrogens (tertiary/aromatic N) is 3. The number of ether oxygens (including phenoxy) is 2. The fourth-order valence-electron chi connectivity index (χ4n) is 4.19. The first-order chi connectivity index (χ1) is 16.0. The number of hydrogen-bond acceptors (Lipinski definition) is 8. The first kappa shape index (κ1) is 21.1. The topological polar surface area (TPSA) is 94.8 Å². The minimum atomic E-state index is -0.809. The highest BCUT2D eigenvalue weighted by Gasteiger charge is 2.46. The molecule has 0 spiro atoms. The van der Waals surface area contributed by atoms with Crippen LogP contribution in [-0.2, 0) is 6.42 Å². The Kier molecular flexibility index (Phi) is 5.13. The molecule has 0 radical (unpaired) electrons. The zero-order valence-electron chi connectivity index (χ0n) is 18.5. The van der Waals surface area contributed by atoms with Crippen LogP contribution in [0.4, 0.5) is 5.13 Å². The molecule has 1 amide bonds. The van der Waals surface area contributed by atoms with Crippen molar-refractivity contribution in [3.63, 3.8) is 0 Å². The van der Waals surface area contributed by atoms with Crippen LogP contribution in [0.25, 0.3) is 11.0 Å². The SMILES string of the molecule is CCc1nnc(N2C(=O)c3oc4ccc(C)cc4c(=O)c3C2c2cccc(OC)c2OC)s1. The Morgan fingerprint density at radius 2 is 1.94 bits per heavy atom. The summed E-state index contributed by atoms with van der Waals surface area (Å²) < 4.78 is 17.1. The number of methoxy groups -OCH3 is 2. The van der Waals surface area contributed by atoms with E-state index in [0.29, 0.717) is 39.6 Å². The Morgan fingerprint density at radius 3 is 2.64 bits per heavy atom. The maximum Gasteiger partial charge on any atom is 0.297 e. The number of rotatable bonds is 5. The average Bonchev–Trinajstić information content (AvgIpc) is 3.41. The van der Waals surface area contributed by atoms with E-state index in [1.807, 2.05) is 26.0 Å². The van der Waals surface area contributed by atoms with Crippen LogP contribution in [0.2, 0.25) is 0 Å². The van der Waals surface area contributed by atoms with Crippen molar-refractivity contribution in [2.24, 2.45) is 0 Å². The molecule has 8 nitrogen and oxygen atoms in total. The minimum absolute atomic E-state index is 0.000487. The van der Waals surface area contributed by atoms with E-state index in [9.17, 15) is 9.59 Å². The van der Waals surface area contributed by atoms with Crippen LogP contribution in [0, 0.1) is 6.92 Å². The van der Waals surface area contributed by atoms with Gasteiger partial charge in [0.25, 0.3) is 5.91 Å². The van der Waals surface area contributed by atoms with Gasteiger partial charge in [-0.1, -0.05) is 42.0 Å². The van der Waals surface area contributed by atoms with Crippen LogP contribution in [-0.4, -0.2) is 30.3 Å². The van der Waals surface area contributed by atoms with Gasteiger partial charge in [0.1, 0.15) is 16.6 Å². The van der Waals surface area contributed by atoms with E-state index in [2.05, 4.69) is 10.2 Å². The number of para-hydroxylation sites is 1. The second kappa shape index (κ2) is 8.00. The minimum Gasteiger partial charge on any atom is -0.493 e. The standard InChI is InChI=1S/C24H21N3O5S/c1-5-17-25-26-24(33-17)27-19(13-7-6-8-16(30-3)21(13)31-4)18-20(28)14-11-12(2)9-10-15(14)32-22(18)23(27)29/h6-11,19H,5H2,1-4H3. The number of anilines is 1. The number of fused-ring (bicyclic) bond motifs is 2. The van der Waals surface area contributed by atoms with Gasteiger partial charge in [-0.3, -0.25) is 14.5 Å². The largest absolute Gasteiger partial charge is 0.493 e. The van der Waals surface area contributed by atoms with Crippen molar-refractivity contribution in [3.8, 4) is 11.5 Å². The molecule has 33 heavy (non-hydrogen) atoms. The molecular formula is C24H21N3O5S. The fraction of sp³-hybridized carbons (Fsp3) is 0.250. The third-order valence-electron chi connectivity index (χ3n) is 5.72. The smallest absolute Gasteiger partial charge is 0.297 e. The van der Waals surface area contributed by atoms with Crippen LogP contribution in [0.5, 0.6) is 11.5 Å². The van der Waals surface area contributed by atoms with Crippen molar-refractivity contribution in [3.05, 3.63) is 74.1 Å². The molecular weight excluding hydrogens is 442 g/mol. The Bertz CT molecular complexity index is 1460. The molecule has 0 bridgehead atoms. The maximum atomic E-state index is 13.8. The first-order valence-corrected chi connectivity index (χ1v) is 11.2. The van der Waals surface area contributed by atoms with E-state index in [4.69, 9.17) is 13.9 Å². The van der Waals surface area contributed by atoms with Gasteiger partial charge in [0.2, 0.25) is 10.9 Å². The highest BCUT2D eigenvalue weighted by molar-refractivity contribution is 7.15. The van der Waals surface area contributed by atoms with Crippen LogP contribution in [0.3, 0.4) is 0 Å². The summed E-state index contributed by atoms with van der Waals surface area (Å²) in [5.41, 5.74) is 1.86. The van der Waals surface area contributed by atoms with Crippen molar-refractivity contribution < 1.29 is 18.7 Å². The predicted molar refractivity (Wildman–Crippen MR) is 125 cm³/mol. The van der Waals surface area contributed by atoms with Crippen molar-refractivity contribution in [1.29, 1.82) is 0 Å². The second-order valence-corrected chi connectivity index (χ2v) is 8.71. The third kappa shape index (κ3) is 3.19. The van der Waals surface area contributed by atoms with Gasteiger partial charge in [-0.15, -0.1) is 10.2 Å². The lowest BCUT2D eigenvalue weighted by atomic mass is 9.97. The van der Waals surface area contributed by atoms with E-state index in [1.54, 1.807) is 24.3 Å². The summed E-state index contributed by atoms with van der Waals surface area (Å²) in [4.78, 5) is 28.9. The molecule has 1 aliphatic rings. The monoisotopic (exact) mass is 463 g/mol. The summed E-state index contributed by atoms with van der Waals surface area (Å²) in [6, 6.07) is 9.88. The molecule has 0 saturated heterocycles. The molecule has 0 N–H and O–H groups in total. The molecule has 9 heteroatoms. The maximum absolute atomic E-state index is 13.8. The Hall–Kier alpha value is -3.72. The summed E-state index contributed by atoms with van der Waals surface area (Å²) in [6.45, 7) is 3.87. The average molecular weight is 464 g/mol. The van der Waals surface area contributed by atoms with Gasteiger partial charge in [-0.05, 0) is 31.5 Å². The van der Waals surface area contributed by atoms with E-state index < -0.39 is 11.9 Å². The Morgan fingerprint density at radius 1 is 1.12 bits per heavy atom. The third-order valence-corrected chi connectivity index (χ3v) is 6.79. The summed E-state index contributed by atoms with van der Waals surface area (Å²) in [6.07, 6.45) is 0.681. The van der Waals surface area contributed by atoms with Crippen LogP contribution in [0.1, 0.15) is 45.2 Å². The molecule has 3 heterocycles. The second-order valence-electron chi connectivity index (χ2n) is 7.67. The molecule has 4 aromatic rings. The van der Waals surface area contributed by atoms with Gasteiger partial charge in [0.15, 0.2) is 16.9 Å². The van der Waals surface area contributed by atoms with Crippen molar-refractivity contribution in [2.75, 3.05) is 19.1 Å². The molecule has 2 aromatic carbocycles. The van der Waals surface area contributed by atoms with Crippen molar-refractivity contribution in [2.45, 2.75) is 26.3 Å². The van der Waals surface area contributed by atoms with Crippen molar-refractivity contribution in [1.82, 2.24) is 10.2 Å². The van der Waals surface area contributed by atoms with E-state index in [1.165, 1.54) is 30.5 Å². The zero-order valence-corrected chi connectivity index (χ0v) is 19.4. The van der Waals surface area contributed by atoms with Crippen LogP contribution >= 0.6 is 11.3 Å². The lowest BCUT2D eigenvalue weighted by molar-refractivity contribution is 0.0970. The molecule has 1 atom stereocenters. The summed E-state index contributed by atoms with van der Waals surface area (Å²) >= 11 is 1.31. The van der Waals surface area contributed by atoms with Crippen molar-refractivity contribution >= 4 is 33.3 Å². The lowest BCUT2D eigenvalue weighted by Crippen LogP contribution is -2.29. The normalized spacial score (nSPS) is 15.2. The summed E-state index contributed by atoms with van der Waals surface area (Å²) in [5, 5.41) is 10.0. The number of benzene rings is 2. The van der Waals surface area contributed by atoms with E-state index in [-0.39, 0.29) is 16.8 Å². The fourth-order valence-corrected chi connectivity index (χ4v) is 5.00. The van der Waals surface area contributed by atoms with Gasteiger partial charge in [-0.2, -0.15) is 0 Å². The van der Waals surface area contributed by atoms with E-state index >= 15 is 0 Å². The number of aromatic nitrogens is 2. The van der Waals surface area contributed by atoms with E-state index in [0.717, 1.165) is 10.6 Å². The highest BCUT2D eigenvalue weighted by atomic mass is 32.1. The summed E-state index contributed by atoms with van der Waals surface area (Å²) in [5.74, 6) is 0.473. The molecule has 0 fully saturated rings. The number of hydrogen-bond donors (Lipinski definition) is 0. The molecule has 1 aliphatic heterocycles. The number of carbonyl (C=O) groups excluding carboxylic acids is 1. The molecule has 1 unspecified atom stereocenters. The molecule has 0 saturated carbocycles. The quantitative estimate of drug-likeness (QED) is 0.436. The molecule has 168 valence electrons. The predicted octanol–water partition coefficient (Wildman–Crippen LogP) is 4.28. The number of amides is 1. The van der Waals surface area contributed by atoms with Gasteiger partial charge in [0, 0.05) is 5.56 Å². The van der Waals surface area contributed by atoms with Gasteiger partial charge >= 0.3 is 0 Å². The Labute approximate surface area is 193 Å². The molecule has 2 aromatic heterocycles. The molecule has 5 rings (SSSR count). The van der Waals surface area contributed by atoms with Gasteiger partial charge < -0.3 is 13.9 Å². The molecule has 0 aliphatic carbocycles. The van der Waals surface area contributed by atoms with Crippen LogP contribution < -0.4 is 19.8 Å². The van der Waals surface area contributed by atoms with Crippen LogP contribution in [0.15, 0.2) is 45.6 Å². The lowest BCUT2D eigenvalue weighted by Gasteiger charge is -2.24. The summed E-state index contributed by atoms with van der Waals surface area (Å²) in [7, 11) is 3.06. The van der Waals surface area contributed by atoms with Gasteiger partial charge in [-0.25, -0.2) is 0 Å². The Balaban J connectivity index is 1.84. The highest BCUT2D eigenvalue weighted by Crippen LogP contribution is 2.46. The van der Waals surface area contributed by atoms with Gasteiger partial charge in [0.05, 0.1) is 25.2 Å². The first-order valence-electron chi connectivity index (χ1n) is 10.4. The number of aryl methyl sites for hydroxylation is 2. The number of carbonyl (C=O) groups is 1. The zero-order chi connectivity index (χ0) is 23.3.